The fourth-order valence-corrected chi connectivity index (χ4v) is 12.8. The molecule has 1 aliphatic rings. The van der Waals surface area contributed by atoms with E-state index in [1.807, 2.05) is 22.7 Å². The van der Waals surface area contributed by atoms with E-state index < -0.39 is 0 Å². The van der Waals surface area contributed by atoms with Crippen molar-refractivity contribution in [3.8, 4) is 22.3 Å². The van der Waals surface area contributed by atoms with Gasteiger partial charge in [-0.15, -0.1) is 22.7 Å². The molecule has 12 aromatic rings. The van der Waals surface area contributed by atoms with Gasteiger partial charge in [-0.2, -0.15) is 0 Å². The van der Waals surface area contributed by atoms with E-state index in [0.717, 1.165) is 28.4 Å². The normalized spacial score (nSPS) is 12.9. The molecule has 0 saturated carbocycles. The van der Waals surface area contributed by atoms with E-state index in [2.05, 4.69) is 242 Å². The van der Waals surface area contributed by atoms with Gasteiger partial charge in [0.25, 0.3) is 0 Å². The molecule has 0 amide bonds. The molecular formula is C61H42N2S2. The lowest BCUT2D eigenvalue weighted by Crippen LogP contribution is -2.16. The second-order valence-electron chi connectivity index (χ2n) is 17.7. The van der Waals surface area contributed by atoms with Crippen molar-refractivity contribution in [2.24, 2.45) is 0 Å². The highest BCUT2D eigenvalue weighted by molar-refractivity contribution is 7.26. The Morgan fingerprint density at radius 3 is 1.88 bits per heavy atom. The number of hydrogen-bond donors (Lipinski definition) is 0. The summed E-state index contributed by atoms with van der Waals surface area (Å²) in [5.74, 6) is 0. The van der Waals surface area contributed by atoms with Gasteiger partial charge in [0.1, 0.15) is 0 Å². The Bertz CT molecular complexity index is 3820. The molecule has 0 fully saturated rings. The Morgan fingerprint density at radius 2 is 1.00 bits per heavy atom. The third-order valence-corrected chi connectivity index (χ3v) is 15.9. The number of fused-ring (bicyclic) bond motifs is 10. The molecule has 0 aliphatic heterocycles. The molecule has 2 aromatic heterocycles. The van der Waals surface area contributed by atoms with Gasteiger partial charge in [0, 0.05) is 63.8 Å². The predicted molar refractivity (Wildman–Crippen MR) is 282 cm³/mol. The number of para-hydroxylation sites is 1. The first-order chi connectivity index (χ1) is 32.0. The first-order valence-electron chi connectivity index (χ1n) is 22.3. The Morgan fingerprint density at radius 1 is 0.354 bits per heavy atom. The molecule has 4 heteroatoms. The van der Waals surface area contributed by atoms with Crippen LogP contribution in [0, 0.1) is 0 Å². The summed E-state index contributed by atoms with van der Waals surface area (Å²) in [6.07, 6.45) is 0. The van der Waals surface area contributed by atoms with Gasteiger partial charge in [0.05, 0.1) is 16.1 Å². The molecule has 0 N–H and O–H groups in total. The lowest BCUT2D eigenvalue weighted by Gasteiger charge is -2.29. The molecule has 1 aliphatic carbocycles. The number of rotatable bonds is 7. The van der Waals surface area contributed by atoms with E-state index in [1.165, 1.54) is 90.2 Å². The molecule has 0 radical (unpaired) electrons. The average molecular weight is 867 g/mol. The lowest BCUT2D eigenvalue weighted by molar-refractivity contribution is 0.660. The van der Waals surface area contributed by atoms with Crippen LogP contribution in [0.15, 0.2) is 218 Å². The molecule has 0 spiro atoms. The Labute approximate surface area is 386 Å². The Balaban J connectivity index is 1.09. The lowest BCUT2D eigenvalue weighted by atomic mass is 9.82. The van der Waals surface area contributed by atoms with E-state index in [9.17, 15) is 0 Å². The summed E-state index contributed by atoms with van der Waals surface area (Å²) < 4.78 is 5.09. The summed E-state index contributed by atoms with van der Waals surface area (Å²) in [5, 5.41) is 7.51. The maximum absolute atomic E-state index is 2.55. The monoisotopic (exact) mass is 866 g/mol. The van der Waals surface area contributed by atoms with Gasteiger partial charge in [-0.05, 0) is 129 Å². The van der Waals surface area contributed by atoms with Crippen LogP contribution in [0.3, 0.4) is 0 Å². The van der Waals surface area contributed by atoms with Gasteiger partial charge >= 0.3 is 0 Å². The summed E-state index contributed by atoms with van der Waals surface area (Å²) in [6, 6.07) is 81.0. The molecule has 65 heavy (non-hydrogen) atoms. The van der Waals surface area contributed by atoms with E-state index in [1.54, 1.807) is 0 Å². The van der Waals surface area contributed by atoms with Crippen LogP contribution in [0.25, 0.3) is 73.4 Å². The van der Waals surface area contributed by atoms with Crippen LogP contribution in [-0.2, 0) is 5.41 Å². The maximum Gasteiger partial charge on any atom is 0.0646 e. The molecule has 0 atom stereocenters. The van der Waals surface area contributed by atoms with Gasteiger partial charge < -0.3 is 9.80 Å². The van der Waals surface area contributed by atoms with Gasteiger partial charge in [-0.25, -0.2) is 0 Å². The molecule has 308 valence electrons. The van der Waals surface area contributed by atoms with E-state index in [4.69, 9.17) is 0 Å². The molecule has 2 heterocycles. The summed E-state index contributed by atoms with van der Waals surface area (Å²) in [7, 11) is 0. The minimum Gasteiger partial charge on any atom is -0.310 e. The zero-order valence-corrected chi connectivity index (χ0v) is 37.6. The Kier molecular flexibility index (Phi) is 8.64. The fraction of sp³-hybridized carbons (Fsp3) is 0.0492. The maximum atomic E-state index is 2.55. The average Bonchev–Trinajstić information content (AvgIpc) is 4.00. The van der Waals surface area contributed by atoms with Crippen molar-refractivity contribution in [2.75, 3.05) is 9.80 Å². The van der Waals surface area contributed by atoms with Crippen molar-refractivity contribution < 1.29 is 0 Å². The smallest absolute Gasteiger partial charge is 0.0646 e. The van der Waals surface area contributed by atoms with E-state index >= 15 is 0 Å². The van der Waals surface area contributed by atoms with Crippen molar-refractivity contribution in [3.63, 3.8) is 0 Å². The third-order valence-electron chi connectivity index (χ3n) is 13.6. The molecule has 0 unspecified atom stereocenters. The highest BCUT2D eigenvalue weighted by Crippen LogP contribution is 2.54. The first kappa shape index (κ1) is 38.0. The predicted octanol–water partition coefficient (Wildman–Crippen LogP) is 18.5. The van der Waals surface area contributed by atoms with Crippen molar-refractivity contribution in [1.29, 1.82) is 0 Å². The van der Waals surface area contributed by atoms with Crippen LogP contribution >= 0.6 is 22.7 Å². The van der Waals surface area contributed by atoms with Gasteiger partial charge in [0.2, 0.25) is 0 Å². The molecule has 0 saturated heterocycles. The van der Waals surface area contributed by atoms with Crippen molar-refractivity contribution in [2.45, 2.75) is 19.3 Å². The Hall–Kier alpha value is -7.50. The van der Waals surface area contributed by atoms with Crippen molar-refractivity contribution in [3.05, 3.63) is 230 Å². The summed E-state index contributed by atoms with van der Waals surface area (Å²) >= 11 is 3.76. The number of anilines is 6. The highest BCUT2D eigenvalue weighted by atomic mass is 32.1. The third kappa shape index (κ3) is 6.05. The second kappa shape index (κ2) is 14.8. The molecule has 10 aromatic carbocycles. The van der Waals surface area contributed by atoms with Crippen LogP contribution < -0.4 is 9.80 Å². The number of thiophene rings is 2. The second-order valence-corrected chi connectivity index (χ2v) is 19.8. The first-order valence-corrected chi connectivity index (χ1v) is 24.0. The molecule has 13 rings (SSSR count). The summed E-state index contributed by atoms with van der Waals surface area (Å²) in [6.45, 7) is 4.76. The minimum atomic E-state index is -0.154. The molecular weight excluding hydrogens is 825 g/mol. The van der Waals surface area contributed by atoms with Gasteiger partial charge in [0.15, 0.2) is 0 Å². The standard InChI is InChI=1S/C61H42N2S2/c1-61(2)52-24-13-11-22-47(52)48-32-30-46(38-53(48)61)63(55-36-42(39-16-5-3-6-17-39)35-50-49-23-12-14-26-56(49)65-60(50)55)45-31-33-57-51(37-45)59-54(25-15-27-58(59)64-57)62(43-20-7-4-8-21-43)44-29-28-40-18-9-10-19-41(40)34-44/h3-38H,1-2H3. The van der Waals surface area contributed by atoms with Crippen LogP contribution in [0.4, 0.5) is 34.1 Å². The zero-order chi connectivity index (χ0) is 43.2. The molecule has 2 nitrogen and oxygen atoms in total. The molecule has 0 bridgehead atoms. The van der Waals surface area contributed by atoms with E-state index in [-0.39, 0.29) is 5.41 Å². The highest BCUT2D eigenvalue weighted by Gasteiger charge is 2.36. The topological polar surface area (TPSA) is 6.48 Å². The minimum absolute atomic E-state index is 0.154. The van der Waals surface area contributed by atoms with Gasteiger partial charge in [-0.1, -0.05) is 147 Å². The van der Waals surface area contributed by atoms with Crippen LogP contribution in [0.5, 0.6) is 0 Å². The van der Waals surface area contributed by atoms with Crippen LogP contribution in [-0.4, -0.2) is 0 Å². The van der Waals surface area contributed by atoms with Crippen LogP contribution in [0.2, 0.25) is 0 Å². The van der Waals surface area contributed by atoms with E-state index in [0.29, 0.717) is 0 Å². The van der Waals surface area contributed by atoms with Crippen molar-refractivity contribution >= 4 is 108 Å². The van der Waals surface area contributed by atoms with Gasteiger partial charge in [-0.3, -0.25) is 0 Å². The quantitative estimate of drug-likeness (QED) is 0.157. The summed E-state index contributed by atoms with van der Waals surface area (Å²) in [5.41, 5.74) is 14.5. The number of benzene rings is 10. The van der Waals surface area contributed by atoms with Crippen molar-refractivity contribution in [1.82, 2.24) is 0 Å². The number of nitrogens with zero attached hydrogens (tertiary/aromatic N) is 2. The van der Waals surface area contributed by atoms with Crippen LogP contribution in [0.1, 0.15) is 25.0 Å². The fourth-order valence-electron chi connectivity index (χ4n) is 10.5. The number of hydrogen-bond acceptors (Lipinski definition) is 4. The largest absolute Gasteiger partial charge is 0.310 e. The SMILES string of the molecule is CC1(C)c2ccccc2-c2ccc(N(c3ccc4sc5cccc(N(c6ccccc6)c6ccc7ccccc7c6)c5c4c3)c3cc(-c4ccccc4)cc4c3sc3ccccc34)cc21. The zero-order valence-electron chi connectivity index (χ0n) is 36.0. The summed E-state index contributed by atoms with van der Waals surface area (Å²) in [4.78, 5) is 4.99.